The molecule has 3 aromatic heterocycles. The van der Waals surface area contributed by atoms with Crippen LogP contribution < -0.4 is 20.3 Å². The molecule has 1 aliphatic rings. The van der Waals surface area contributed by atoms with E-state index in [2.05, 4.69) is 10.3 Å². The van der Waals surface area contributed by atoms with E-state index >= 15 is 0 Å². The Kier molecular flexibility index (Phi) is 5.20. The van der Waals surface area contributed by atoms with E-state index in [1.54, 1.807) is 43.5 Å². The number of nitrogens with one attached hydrogen (secondary N) is 1. The third kappa shape index (κ3) is 3.71. The second-order valence-electron chi connectivity index (χ2n) is 6.88. The first-order valence-electron chi connectivity index (χ1n) is 9.40. The predicted molar refractivity (Wildman–Crippen MR) is 125 cm³/mol. The minimum Gasteiger partial charge on any atom is -0.454 e. The summed E-state index contributed by atoms with van der Waals surface area (Å²) in [5.74, 6) is 1.07. The Morgan fingerprint density at radius 2 is 2.10 bits per heavy atom. The van der Waals surface area contributed by atoms with Gasteiger partial charge in [-0.25, -0.2) is 4.98 Å². The van der Waals surface area contributed by atoms with Crippen LogP contribution >= 0.6 is 34.4 Å². The summed E-state index contributed by atoms with van der Waals surface area (Å²) >= 11 is 4.29. The average molecular weight is 472 g/mol. The molecule has 31 heavy (non-hydrogen) atoms. The first kappa shape index (κ1) is 20.1. The number of thiophene rings is 2. The number of hydrogen-bond donors (Lipinski definition) is 1. The highest BCUT2D eigenvalue weighted by molar-refractivity contribution is 8.00. The van der Waals surface area contributed by atoms with Crippen LogP contribution in [0.1, 0.15) is 6.92 Å². The van der Waals surface area contributed by atoms with Gasteiger partial charge in [0.2, 0.25) is 12.7 Å². The fraction of sp³-hybridized carbons (Fsp3) is 0.190. The molecule has 0 spiro atoms. The Balaban J connectivity index is 1.38. The molecule has 10 heteroatoms. The van der Waals surface area contributed by atoms with E-state index in [9.17, 15) is 9.59 Å². The zero-order valence-electron chi connectivity index (χ0n) is 16.6. The van der Waals surface area contributed by atoms with Gasteiger partial charge in [-0.05, 0) is 30.5 Å². The summed E-state index contributed by atoms with van der Waals surface area (Å²) in [6, 6.07) is 9.22. The van der Waals surface area contributed by atoms with Crippen molar-refractivity contribution in [2.75, 3.05) is 12.1 Å². The maximum atomic E-state index is 13.1. The second kappa shape index (κ2) is 8.03. The Bertz CT molecular complexity index is 1340. The number of nitrogens with zero attached hydrogens (tertiary/aromatic N) is 2. The van der Waals surface area contributed by atoms with Gasteiger partial charge in [0, 0.05) is 34.6 Å². The third-order valence-electron chi connectivity index (χ3n) is 4.85. The largest absolute Gasteiger partial charge is 0.454 e. The molecule has 0 saturated heterocycles. The van der Waals surface area contributed by atoms with Gasteiger partial charge in [-0.3, -0.25) is 14.2 Å². The van der Waals surface area contributed by atoms with E-state index in [0.29, 0.717) is 32.6 Å². The molecule has 4 heterocycles. The van der Waals surface area contributed by atoms with Crippen LogP contribution in [-0.2, 0) is 11.8 Å². The lowest BCUT2D eigenvalue weighted by Gasteiger charge is -2.14. The summed E-state index contributed by atoms with van der Waals surface area (Å²) in [4.78, 5) is 32.2. The number of carbonyl (C=O) groups excluding carboxylic acids is 1. The molecule has 4 aromatic rings. The average Bonchev–Trinajstić information content (AvgIpc) is 3.51. The van der Waals surface area contributed by atoms with Crippen molar-refractivity contribution >= 4 is 56.2 Å². The zero-order chi connectivity index (χ0) is 21.5. The maximum absolute atomic E-state index is 13.1. The van der Waals surface area contributed by atoms with Crippen LogP contribution in [0, 0.1) is 0 Å². The number of amides is 1. The van der Waals surface area contributed by atoms with E-state index in [0.717, 1.165) is 10.4 Å². The molecule has 1 aliphatic heterocycles. The van der Waals surface area contributed by atoms with Crippen LogP contribution in [0.3, 0.4) is 0 Å². The highest BCUT2D eigenvalue weighted by Gasteiger charge is 2.22. The Morgan fingerprint density at radius 3 is 2.90 bits per heavy atom. The van der Waals surface area contributed by atoms with Gasteiger partial charge in [0.15, 0.2) is 16.7 Å². The van der Waals surface area contributed by atoms with Crippen molar-refractivity contribution in [1.29, 1.82) is 0 Å². The summed E-state index contributed by atoms with van der Waals surface area (Å²) in [6.07, 6.45) is 0. The van der Waals surface area contributed by atoms with Crippen LogP contribution in [0.15, 0.2) is 51.0 Å². The van der Waals surface area contributed by atoms with Crippen LogP contribution in [0.25, 0.3) is 20.7 Å². The first-order chi connectivity index (χ1) is 15.0. The van der Waals surface area contributed by atoms with Gasteiger partial charge < -0.3 is 14.8 Å². The van der Waals surface area contributed by atoms with Gasteiger partial charge in [-0.2, -0.15) is 0 Å². The number of hydrogen-bond acceptors (Lipinski definition) is 8. The van der Waals surface area contributed by atoms with Gasteiger partial charge in [0.25, 0.3) is 5.56 Å². The summed E-state index contributed by atoms with van der Waals surface area (Å²) in [5.41, 5.74) is 1.42. The van der Waals surface area contributed by atoms with E-state index in [4.69, 9.17) is 9.47 Å². The number of ether oxygens (including phenoxy) is 2. The lowest BCUT2D eigenvalue weighted by atomic mass is 10.2. The monoisotopic (exact) mass is 471 g/mol. The molecule has 0 fully saturated rings. The van der Waals surface area contributed by atoms with Crippen molar-refractivity contribution in [3.05, 3.63) is 51.4 Å². The molecular weight excluding hydrogens is 454 g/mol. The van der Waals surface area contributed by atoms with E-state index in [1.807, 2.05) is 22.9 Å². The highest BCUT2D eigenvalue weighted by atomic mass is 32.2. The summed E-state index contributed by atoms with van der Waals surface area (Å²) in [5, 5.41) is 7.50. The highest BCUT2D eigenvalue weighted by Crippen LogP contribution is 2.36. The lowest BCUT2D eigenvalue weighted by molar-refractivity contribution is -0.115. The molecule has 1 N–H and O–H groups in total. The molecule has 1 atom stereocenters. The minimum atomic E-state index is -0.460. The molecule has 5 rings (SSSR count). The summed E-state index contributed by atoms with van der Waals surface area (Å²) in [7, 11) is 1.69. The van der Waals surface area contributed by atoms with Crippen LogP contribution in [0.5, 0.6) is 11.5 Å². The number of carbonyl (C=O) groups is 1. The quantitative estimate of drug-likeness (QED) is 0.339. The summed E-state index contributed by atoms with van der Waals surface area (Å²) in [6.45, 7) is 1.97. The standard InChI is InChI=1S/C21H17N3O4S3/c1-11(18(25)22-12-5-6-14-15(8-12)28-10-27-14)31-21-23-19-17(20(26)24(21)2)13(9-30-19)16-4-3-7-29-16/h3-9,11H,10H2,1-2H3,(H,22,25). The molecule has 7 nitrogen and oxygen atoms in total. The van der Waals surface area contributed by atoms with Gasteiger partial charge in [-0.15, -0.1) is 22.7 Å². The number of fused-ring (bicyclic) bond motifs is 2. The molecule has 0 aliphatic carbocycles. The van der Waals surface area contributed by atoms with E-state index < -0.39 is 5.25 Å². The molecule has 1 amide bonds. The molecule has 0 radical (unpaired) electrons. The Hall–Kier alpha value is -2.82. The molecule has 158 valence electrons. The van der Waals surface area contributed by atoms with Crippen LogP contribution in [0.4, 0.5) is 5.69 Å². The van der Waals surface area contributed by atoms with Crippen molar-refractivity contribution in [2.24, 2.45) is 7.05 Å². The third-order valence-corrected chi connectivity index (χ3v) is 7.77. The second-order valence-corrected chi connectivity index (χ2v) is 10.00. The van der Waals surface area contributed by atoms with Crippen molar-refractivity contribution in [3.8, 4) is 21.9 Å². The van der Waals surface area contributed by atoms with Gasteiger partial charge in [-0.1, -0.05) is 17.8 Å². The van der Waals surface area contributed by atoms with Gasteiger partial charge in [0.05, 0.1) is 10.6 Å². The number of benzene rings is 1. The minimum absolute atomic E-state index is 0.111. The molecule has 1 unspecified atom stereocenters. The lowest BCUT2D eigenvalue weighted by Crippen LogP contribution is -2.25. The van der Waals surface area contributed by atoms with Crippen LogP contribution in [-0.4, -0.2) is 27.5 Å². The van der Waals surface area contributed by atoms with Crippen molar-refractivity contribution in [3.63, 3.8) is 0 Å². The SMILES string of the molecule is CC(Sc1nc2scc(-c3cccs3)c2c(=O)n1C)C(=O)Nc1ccc2c(c1)OCO2. The van der Waals surface area contributed by atoms with Gasteiger partial charge in [0.1, 0.15) is 4.83 Å². The smallest absolute Gasteiger partial charge is 0.263 e. The Morgan fingerprint density at radius 1 is 1.26 bits per heavy atom. The first-order valence-corrected chi connectivity index (χ1v) is 12.0. The Labute approximate surface area is 189 Å². The fourth-order valence-corrected chi connectivity index (χ4v) is 5.88. The predicted octanol–water partition coefficient (Wildman–Crippen LogP) is 4.57. The van der Waals surface area contributed by atoms with Crippen molar-refractivity contribution in [2.45, 2.75) is 17.3 Å². The molecule has 0 saturated carbocycles. The maximum Gasteiger partial charge on any atom is 0.263 e. The summed E-state index contributed by atoms with van der Waals surface area (Å²) < 4.78 is 12.2. The number of anilines is 1. The van der Waals surface area contributed by atoms with E-state index in [1.165, 1.54) is 27.7 Å². The van der Waals surface area contributed by atoms with Crippen molar-refractivity contribution < 1.29 is 14.3 Å². The number of thioether (sulfide) groups is 1. The normalized spacial score (nSPS) is 13.5. The van der Waals surface area contributed by atoms with Crippen molar-refractivity contribution in [1.82, 2.24) is 9.55 Å². The topological polar surface area (TPSA) is 82.5 Å². The fourth-order valence-electron chi connectivity index (χ4n) is 3.20. The van der Waals surface area contributed by atoms with Gasteiger partial charge >= 0.3 is 0 Å². The van der Waals surface area contributed by atoms with E-state index in [-0.39, 0.29) is 18.3 Å². The number of rotatable bonds is 5. The van der Waals surface area contributed by atoms with Crippen LogP contribution in [0.2, 0.25) is 0 Å². The molecule has 1 aromatic carbocycles. The number of aromatic nitrogens is 2. The molecular formula is C21H17N3O4S3. The zero-order valence-corrected chi connectivity index (χ0v) is 19.0. The molecule has 0 bridgehead atoms.